The number of aromatic amines is 1. The monoisotopic (exact) mass is 276 g/mol. The zero-order chi connectivity index (χ0) is 14.5. The number of rotatable bonds is 5. The van der Waals surface area contributed by atoms with Gasteiger partial charge in [-0.05, 0) is 13.0 Å². The van der Waals surface area contributed by atoms with Crippen molar-refractivity contribution in [3.63, 3.8) is 0 Å². The van der Waals surface area contributed by atoms with E-state index in [4.69, 9.17) is 4.74 Å². The highest BCUT2D eigenvalue weighted by atomic mass is 16.6. The maximum Gasteiger partial charge on any atom is 0.311 e. The van der Waals surface area contributed by atoms with Crippen LogP contribution >= 0.6 is 0 Å². The molecule has 0 spiro atoms. The number of ether oxygens (including phenoxy) is 1. The molecule has 0 aliphatic carbocycles. The Balaban J connectivity index is 2.37. The second-order valence-corrected chi connectivity index (χ2v) is 3.74. The van der Waals surface area contributed by atoms with Gasteiger partial charge in [-0.25, -0.2) is 4.98 Å². The molecule has 20 heavy (non-hydrogen) atoms. The van der Waals surface area contributed by atoms with E-state index in [-0.39, 0.29) is 29.6 Å². The maximum atomic E-state index is 12.1. The summed E-state index contributed by atoms with van der Waals surface area (Å²) in [7, 11) is 0. The van der Waals surface area contributed by atoms with Crippen LogP contribution in [0.2, 0.25) is 0 Å². The summed E-state index contributed by atoms with van der Waals surface area (Å²) < 4.78 is 5.24. The fourth-order valence-corrected chi connectivity index (χ4v) is 1.65. The first-order valence-corrected chi connectivity index (χ1v) is 5.84. The van der Waals surface area contributed by atoms with Crippen molar-refractivity contribution >= 4 is 17.5 Å². The maximum absolute atomic E-state index is 12.1. The number of nitro benzene ring substituents is 1. The topological polar surface area (TPSA) is 110 Å². The molecular formula is C12H12N4O4. The second kappa shape index (κ2) is 5.83. The molecule has 1 heterocycles. The van der Waals surface area contributed by atoms with Crippen LogP contribution in [0.5, 0.6) is 5.75 Å². The number of amides is 1. The molecule has 0 radical (unpaired) electrons. The Labute approximate surface area is 113 Å². The third-order valence-corrected chi connectivity index (χ3v) is 2.45. The minimum absolute atomic E-state index is 0.0518. The van der Waals surface area contributed by atoms with Crippen molar-refractivity contribution in [2.45, 2.75) is 6.92 Å². The van der Waals surface area contributed by atoms with E-state index in [9.17, 15) is 14.9 Å². The van der Waals surface area contributed by atoms with Gasteiger partial charge in [-0.15, -0.1) is 0 Å². The molecule has 2 rings (SSSR count). The molecule has 2 aromatic rings. The highest BCUT2D eigenvalue weighted by Gasteiger charge is 2.23. The fourth-order valence-electron chi connectivity index (χ4n) is 1.65. The molecule has 0 unspecified atom stereocenters. The number of nitro groups is 1. The summed E-state index contributed by atoms with van der Waals surface area (Å²) in [6.45, 7) is 1.90. The van der Waals surface area contributed by atoms with Gasteiger partial charge < -0.3 is 9.72 Å². The van der Waals surface area contributed by atoms with Crippen LogP contribution < -0.4 is 10.1 Å². The van der Waals surface area contributed by atoms with Crippen molar-refractivity contribution in [2.24, 2.45) is 0 Å². The number of nitrogens with zero attached hydrogens (tertiary/aromatic N) is 2. The molecule has 0 aliphatic heterocycles. The quantitative estimate of drug-likeness (QED) is 0.640. The summed E-state index contributed by atoms with van der Waals surface area (Å²) in [6.07, 6.45) is 3.03. The highest BCUT2D eigenvalue weighted by Crippen LogP contribution is 2.31. The van der Waals surface area contributed by atoms with Crippen LogP contribution in [0.1, 0.15) is 17.3 Å². The Morgan fingerprint density at radius 3 is 2.95 bits per heavy atom. The number of imidazole rings is 1. The number of nitrogens with one attached hydrogen (secondary N) is 2. The molecule has 2 N–H and O–H groups in total. The summed E-state index contributed by atoms with van der Waals surface area (Å²) in [4.78, 5) is 29.0. The van der Waals surface area contributed by atoms with Crippen LogP contribution in [-0.2, 0) is 0 Å². The lowest BCUT2D eigenvalue weighted by Gasteiger charge is -2.09. The van der Waals surface area contributed by atoms with E-state index in [1.807, 2.05) is 0 Å². The smallest absolute Gasteiger partial charge is 0.311 e. The lowest BCUT2D eigenvalue weighted by molar-refractivity contribution is -0.385. The Kier molecular flexibility index (Phi) is 3.94. The van der Waals surface area contributed by atoms with Crippen molar-refractivity contribution in [3.05, 3.63) is 46.3 Å². The summed E-state index contributed by atoms with van der Waals surface area (Å²) >= 11 is 0. The average Bonchev–Trinajstić information content (AvgIpc) is 2.91. The zero-order valence-electron chi connectivity index (χ0n) is 10.6. The van der Waals surface area contributed by atoms with Crippen molar-refractivity contribution in [3.8, 4) is 5.75 Å². The molecule has 0 aliphatic rings. The summed E-state index contributed by atoms with van der Waals surface area (Å²) in [6, 6.07) is 4.17. The lowest BCUT2D eigenvalue weighted by Crippen LogP contribution is -2.15. The third kappa shape index (κ3) is 2.74. The largest absolute Gasteiger partial charge is 0.487 e. The molecule has 0 bridgehead atoms. The van der Waals surface area contributed by atoms with Crippen LogP contribution in [-0.4, -0.2) is 27.4 Å². The van der Waals surface area contributed by atoms with E-state index in [1.165, 1.54) is 24.4 Å². The van der Waals surface area contributed by atoms with Gasteiger partial charge in [0.15, 0.2) is 0 Å². The number of hydrogen-bond acceptors (Lipinski definition) is 5. The molecule has 0 saturated carbocycles. The molecule has 0 fully saturated rings. The fraction of sp³-hybridized carbons (Fsp3) is 0.167. The number of anilines is 1. The predicted molar refractivity (Wildman–Crippen MR) is 70.8 cm³/mol. The minimum Gasteiger partial charge on any atom is -0.487 e. The van der Waals surface area contributed by atoms with Gasteiger partial charge in [0.05, 0.1) is 17.1 Å². The van der Waals surface area contributed by atoms with Gasteiger partial charge in [0.1, 0.15) is 0 Å². The van der Waals surface area contributed by atoms with Crippen LogP contribution in [0.15, 0.2) is 30.6 Å². The van der Waals surface area contributed by atoms with E-state index in [1.54, 1.807) is 13.1 Å². The molecule has 104 valence electrons. The molecule has 8 heteroatoms. The Bertz CT molecular complexity index is 624. The zero-order valence-corrected chi connectivity index (χ0v) is 10.6. The number of aromatic nitrogens is 2. The SMILES string of the molecule is CCOc1c(C(=O)Nc2ncc[nH]2)cccc1[N+](=O)[O-]. The Morgan fingerprint density at radius 1 is 1.55 bits per heavy atom. The van der Waals surface area contributed by atoms with E-state index in [2.05, 4.69) is 15.3 Å². The van der Waals surface area contributed by atoms with Crippen molar-refractivity contribution < 1.29 is 14.5 Å². The van der Waals surface area contributed by atoms with Crippen LogP contribution in [0, 0.1) is 10.1 Å². The summed E-state index contributed by atoms with van der Waals surface area (Å²) in [5.74, 6) is -0.333. The molecule has 0 saturated heterocycles. The first kappa shape index (κ1) is 13.5. The first-order valence-electron chi connectivity index (χ1n) is 5.84. The van der Waals surface area contributed by atoms with Gasteiger partial charge >= 0.3 is 5.69 Å². The average molecular weight is 276 g/mol. The molecule has 0 atom stereocenters. The number of carbonyl (C=O) groups excluding carboxylic acids is 1. The molecule has 1 aromatic heterocycles. The molecule has 1 amide bonds. The third-order valence-electron chi connectivity index (χ3n) is 2.45. The number of hydrogen-bond donors (Lipinski definition) is 2. The van der Waals surface area contributed by atoms with Crippen molar-refractivity contribution in [1.82, 2.24) is 9.97 Å². The van der Waals surface area contributed by atoms with E-state index >= 15 is 0 Å². The second-order valence-electron chi connectivity index (χ2n) is 3.74. The lowest BCUT2D eigenvalue weighted by atomic mass is 10.1. The first-order chi connectivity index (χ1) is 9.63. The summed E-state index contributed by atoms with van der Waals surface area (Å²) in [5, 5.41) is 13.5. The molecule has 1 aromatic carbocycles. The van der Waals surface area contributed by atoms with Gasteiger partial charge in [-0.3, -0.25) is 20.2 Å². The van der Waals surface area contributed by atoms with Gasteiger partial charge in [-0.1, -0.05) is 6.07 Å². The highest BCUT2D eigenvalue weighted by molar-refractivity contribution is 6.06. The van der Waals surface area contributed by atoms with Gasteiger partial charge in [-0.2, -0.15) is 0 Å². The number of benzene rings is 1. The van der Waals surface area contributed by atoms with E-state index < -0.39 is 10.8 Å². The van der Waals surface area contributed by atoms with Crippen molar-refractivity contribution in [2.75, 3.05) is 11.9 Å². The van der Waals surface area contributed by atoms with Gasteiger partial charge in [0.25, 0.3) is 5.91 Å². The van der Waals surface area contributed by atoms with E-state index in [0.717, 1.165) is 0 Å². The minimum atomic E-state index is -0.589. The van der Waals surface area contributed by atoms with Crippen LogP contribution in [0.4, 0.5) is 11.6 Å². The predicted octanol–water partition coefficient (Wildman–Crippen LogP) is 1.97. The summed E-state index contributed by atoms with van der Waals surface area (Å²) in [5.41, 5.74) is -0.170. The van der Waals surface area contributed by atoms with E-state index in [0.29, 0.717) is 0 Å². The standard InChI is InChI=1S/C12H12N4O4/c1-2-20-10-8(4-3-5-9(10)16(18)19)11(17)15-12-13-6-7-14-12/h3-7H,2H2,1H3,(H2,13,14,15,17). The number of H-pyrrole nitrogens is 1. The van der Waals surface area contributed by atoms with Crippen molar-refractivity contribution in [1.29, 1.82) is 0 Å². The van der Waals surface area contributed by atoms with Crippen LogP contribution in [0.25, 0.3) is 0 Å². The Morgan fingerprint density at radius 2 is 2.35 bits per heavy atom. The van der Waals surface area contributed by atoms with Gasteiger partial charge in [0, 0.05) is 18.5 Å². The molecular weight excluding hydrogens is 264 g/mol. The normalized spacial score (nSPS) is 10.1. The number of para-hydroxylation sites is 1. The molecule has 8 nitrogen and oxygen atoms in total. The Hall–Kier alpha value is -2.90. The van der Waals surface area contributed by atoms with Crippen LogP contribution in [0.3, 0.4) is 0 Å². The van der Waals surface area contributed by atoms with Gasteiger partial charge in [0.2, 0.25) is 11.7 Å². The number of carbonyl (C=O) groups is 1.